The second kappa shape index (κ2) is 10.4. The molecule has 0 radical (unpaired) electrons. The zero-order chi connectivity index (χ0) is 25.1. The Morgan fingerprint density at radius 2 is 1.89 bits per heavy atom. The fraction of sp³-hybridized carbons (Fsp3) is 0.393. The molecule has 1 aliphatic heterocycles. The van der Waals surface area contributed by atoms with Crippen molar-refractivity contribution in [3.05, 3.63) is 83.9 Å². The Bertz CT molecular complexity index is 1160. The SMILES string of the molecule is COc1ccc(COc2ccc([C@@H](O)CN3C[C@@H]4C[C@@H](Oc5ccccc5F)C[C@]4(O)C3)nc2)cc1. The van der Waals surface area contributed by atoms with Crippen LogP contribution in [0, 0.1) is 11.7 Å². The first kappa shape index (κ1) is 24.5. The molecule has 0 spiro atoms. The fourth-order valence-corrected chi connectivity index (χ4v) is 5.23. The maximum absolute atomic E-state index is 13.9. The van der Waals surface area contributed by atoms with Crippen LogP contribution in [0.4, 0.5) is 4.39 Å². The van der Waals surface area contributed by atoms with E-state index in [0.29, 0.717) is 50.5 Å². The van der Waals surface area contributed by atoms with Gasteiger partial charge in [0.25, 0.3) is 0 Å². The predicted molar refractivity (Wildman–Crippen MR) is 131 cm³/mol. The number of methoxy groups -OCH3 is 1. The van der Waals surface area contributed by atoms with Crippen molar-refractivity contribution in [1.82, 2.24) is 9.88 Å². The lowest BCUT2D eigenvalue weighted by atomic mass is 9.95. The average molecular weight is 495 g/mol. The van der Waals surface area contributed by atoms with Gasteiger partial charge in [0.2, 0.25) is 0 Å². The van der Waals surface area contributed by atoms with Gasteiger partial charge in [-0.1, -0.05) is 24.3 Å². The molecular formula is C28H31FN2O5. The zero-order valence-electron chi connectivity index (χ0n) is 20.2. The smallest absolute Gasteiger partial charge is 0.165 e. The summed E-state index contributed by atoms with van der Waals surface area (Å²) in [5, 5.41) is 21.9. The number of para-hydroxylation sites is 1. The Hall–Kier alpha value is -3.20. The first-order chi connectivity index (χ1) is 17.4. The molecule has 0 bridgehead atoms. The van der Waals surface area contributed by atoms with Gasteiger partial charge in [-0.3, -0.25) is 9.88 Å². The van der Waals surface area contributed by atoms with Crippen molar-refractivity contribution in [2.24, 2.45) is 5.92 Å². The fourth-order valence-electron chi connectivity index (χ4n) is 5.23. The van der Waals surface area contributed by atoms with Crippen LogP contribution >= 0.6 is 0 Å². The predicted octanol–water partition coefficient (Wildman–Crippen LogP) is 3.75. The van der Waals surface area contributed by atoms with E-state index in [2.05, 4.69) is 9.88 Å². The van der Waals surface area contributed by atoms with Gasteiger partial charge in [0.15, 0.2) is 11.6 Å². The molecule has 1 aliphatic carbocycles. The number of β-amino-alcohol motifs (C(OH)–C–C–N with tert-alkyl or cyclic N) is 2. The summed E-state index contributed by atoms with van der Waals surface area (Å²) in [7, 11) is 1.63. The van der Waals surface area contributed by atoms with E-state index in [1.807, 2.05) is 24.3 Å². The van der Waals surface area contributed by atoms with Crippen molar-refractivity contribution >= 4 is 0 Å². The minimum atomic E-state index is -0.901. The molecule has 2 N–H and O–H groups in total. The molecule has 1 saturated carbocycles. The molecule has 2 heterocycles. The molecule has 1 aromatic heterocycles. The second-order valence-corrected chi connectivity index (χ2v) is 9.68. The van der Waals surface area contributed by atoms with Gasteiger partial charge in [0, 0.05) is 32.0 Å². The van der Waals surface area contributed by atoms with Crippen LogP contribution in [0.15, 0.2) is 66.9 Å². The monoisotopic (exact) mass is 494 g/mol. The number of halogens is 1. The Labute approximate surface area is 210 Å². The molecule has 0 amide bonds. The third-order valence-electron chi connectivity index (χ3n) is 7.09. The van der Waals surface area contributed by atoms with Crippen molar-refractivity contribution in [3.8, 4) is 17.2 Å². The molecule has 8 heteroatoms. The molecule has 4 atom stereocenters. The highest BCUT2D eigenvalue weighted by Gasteiger charge is 2.53. The summed E-state index contributed by atoms with van der Waals surface area (Å²) < 4.78 is 30.7. The molecule has 2 fully saturated rings. The van der Waals surface area contributed by atoms with Crippen molar-refractivity contribution in [2.45, 2.75) is 37.3 Å². The highest BCUT2D eigenvalue weighted by atomic mass is 19.1. The topological polar surface area (TPSA) is 84.3 Å². The lowest BCUT2D eigenvalue weighted by molar-refractivity contribution is 0.0174. The van der Waals surface area contributed by atoms with Crippen molar-refractivity contribution in [1.29, 1.82) is 0 Å². The summed E-state index contributed by atoms with van der Waals surface area (Å²) in [4.78, 5) is 6.44. The van der Waals surface area contributed by atoms with E-state index in [9.17, 15) is 14.6 Å². The third-order valence-corrected chi connectivity index (χ3v) is 7.09. The molecule has 7 nitrogen and oxygen atoms in total. The number of aliphatic hydroxyl groups excluding tert-OH is 1. The number of nitrogens with zero attached hydrogens (tertiary/aromatic N) is 2. The molecule has 3 aromatic rings. The summed E-state index contributed by atoms with van der Waals surface area (Å²) in [5.74, 6) is 1.26. The largest absolute Gasteiger partial charge is 0.497 e. The summed E-state index contributed by atoms with van der Waals surface area (Å²) in [6.07, 6.45) is 1.69. The van der Waals surface area contributed by atoms with Gasteiger partial charge < -0.3 is 24.4 Å². The van der Waals surface area contributed by atoms with E-state index in [0.717, 1.165) is 11.3 Å². The van der Waals surface area contributed by atoms with Gasteiger partial charge in [0.05, 0.1) is 24.6 Å². The van der Waals surface area contributed by atoms with Crippen LogP contribution in [-0.4, -0.2) is 58.5 Å². The van der Waals surface area contributed by atoms with E-state index in [1.165, 1.54) is 6.07 Å². The van der Waals surface area contributed by atoms with Crippen LogP contribution in [0.1, 0.15) is 30.2 Å². The van der Waals surface area contributed by atoms with Crippen molar-refractivity contribution in [2.75, 3.05) is 26.7 Å². The minimum Gasteiger partial charge on any atom is -0.497 e. The van der Waals surface area contributed by atoms with Crippen LogP contribution in [0.25, 0.3) is 0 Å². The highest BCUT2D eigenvalue weighted by Crippen LogP contribution is 2.43. The van der Waals surface area contributed by atoms with Gasteiger partial charge in [-0.25, -0.2) is 4.39 Å². The Morgan fingerprint density at radius 3 is 2.58 bits per heavy atom. The van der Waals surface area contributed by atoms with Crippen LogP contribution in [0.2, 0.25) is 0 Å². The van der Waals surface area contributed by atoms with E-state index >= 15 is 0 Å². The molecule has 190 valence electrons. The number of fused-ring (bicyclic) bond motifs is 1. The molecule has 36 heavy (non-hydrogen) atoms. The van der Waals surface area contributed by atoms with Crippen LogP contribution < -0.4 is 14.2 Å². The van der Waals surface area contributed by atoms with Gasteiger partial charge in [-0.2, -0.15) is 0 Å². The van der Waals surface area contributed by atoms with Crippen LogP contribution in [-0.2, 0) is 6.61 Å². The normalized spacial score (nSPS) is 24.3. The Balaban J connectivity index is 1.10. The minimum absolute atomic E-state index is 0.0168. The van der Waals surface area contributed by atoms with Crippen molar-refractivity contribution in [3.63, 3.8) is 0 Å². The van der Waals surface area contributed by atoms with Crippen molar-refractivity contribution < 1.29 is 28.8 Å². The number of benzene rings is 2. The highest BCUT2D eigenvalue weighted by molar-refractivity contribution is 5.28. The molecule has 2 aliphatic rings. The Morgan fingerprint density at radius 1 is 1.11 bits per heavy atom. The number of aliphatic hydroxyl groups is 2. The summed E-state index contributed by atoms with van der Waals surface area (Å²) in [6, 6.07) is 17.6. The maximum Gasteiger partial charge on any atom is 0.165 e. The number of pyridine rings is 1. The van der Waals surface area contributed by atoms with E-state index in [4.69, 9.17) is 14.2 Å². The number of hydrogen-bond donors (Lipinski definition) is 2. The Kier molecular flexibility index (Phi) is 7.09. The number of rotatable bonds is 9. The molecule has 0 unspecified atom stereocenters. The quantitative estimate of drug-likeness (QED) is 0.469. The molecule has 2 aromatic carbocycles. The van der Waals surface area contributed by atoms with Gasteiger partial charge in [-0.15, -0.1) is 0 Å². The van der Waals surface area contributed by atoms with Gasteiger partial charge in [0.1, 0.15) is 30.3 Å². The third kappa shape index (κ3) is 5.46. The molecule has 1 saturated heterocycles. The van der Waals surface area contributed by atoms with E-state index < -0.39 is 17.5 Å². The summed E-state index contributed by atoms with van der Waals surface area (Å²) in [6.45, 7) is 1.86. The summed E-state index contributed by atoms with van der Waals surface area (Å²) >= 11 is 0. The second-order valence-electron chi connectivity index (χ2n) is 9.68. The lowest BCUT2D eigenvalue weighted by Gasteiger charge is -2.24. The van der Waals surface area contributed by atoms with E-state index in [1.54, 1.807) is 43.6 Å². The van der Waals surface area contributed by atoms with Gasteiger partial charge >= 0.3 is 0 Å². The first-order valence-electron chi connectivity index (χ1n) is 12.2. The number of aromatic nitrogens is 1. The number of hydrogen-bond acceptors (Lipinski definition) is 7. The average Bonchev–Trinajstić information content (AvgIpc) is 3.34. The van der Waals surface area contributed by atoms with E-state index in [-0.39, 0.29) is 17.8 Å². The lowest BCUT2D eigenvalue weighted by Crippen LogP contribution is -2.36. The molecular weight excluding hydrogens is 463 g/mol. The van der Waals surface area contributed by atoms with Crippen LogP contribution in [0.3, 0.4) is 0 Å². The standard InChI is InChI=1S/C28H31FN2O5/c1-34-21-8-6-19(7-9-21)17-35-22-10-11-25(30-14-22)26(32)16-31-15-20-12-23(13-28(20,33)18-31)36-27-5-3-2-4-24(27)29/h2-11,14,20,23,26,32-33H,12-13,15-18H2,1H3/t20-,23+,26-,28-/m0/s1. The zero-order valence-corrected chi connectivity index (χ0v) is 20.2. The molecule has 5 rings (SSSR count). The first-order valence-corrected chi connectivity index (χ1v) is 12.2. The number of likely N-dealkylation sites (tertiary alicyclic amines) is 1. The summed E-state index contributed by atoms with van der Waals surface area (Å²) in [5.41, 5.74) is 0.665. The number of ether oxygens (including phenoxy) is 3. The maximum atomic E-state index is 13.9. The van der Waals surface area contributed by atoms with Crippen LogP contribution in [0.5, 0.6) is 17.2 Å². The van der Waals surface area contributed by atoms with Gasteiger partial charge in [-0.05, 0) is 48.4 Å².